The predicted octanol–water partition coefficient (Wildman–Crippen LogP) is 3.83. The van der Waals surface area contributed by atoms with Crippen molar-refractivity contribution in [3.63, 3.8) is 0 Å². The molecule has 2 aromatic rings. The van der Waals surface area contributed by atoms with Crippen molar-refractivity contribution in [3.05, 3.63) is 59.7 Å². The molecule has 132 valence electrons. The van der Waals surface area contributed by atoms with Gasteiger partial charge in [0.15, 0.2) is 6.10 Å². The van der Waals surface area contributed by atoms with E-state index in [1.54, 1.807) is 38.1 Å². The number of nitrogens with one attached hydrogen (secondary N) is 1. The normalized spacial score (nSPS) is 11.5. The van der Waals surface area contributed by atoms with E-state index in [-0.39, 0.29) is 12.5 Å². The van der Waals surface area contributed by atoms with Crippen LogP contribution in [0.4, 0.5) is 5.69 Å². The van der Waals surface area contributed by atoms with E-state index in [9.17, 15) is 9.59 Å². The Morgan fingerprint density at radius 3 is 2.44 bits per heavy atom. The number of aryl methyl sites for hydroxylation is 1. The maximum absolute atomic E-state index is 12.5. The Hall–Kier alpha value is -2.82. The summed E-state index contributed by atoms with van der Waals surface area (Å²) in [6, 6.07) is 14.4. The van der Waals surface area contributed by atoms with Gasteiger partial charge in [-0.1, -0.05) is 37.3 Å². The van der Waals surface area contributed by atoms with Gasteiger partial charge in [0, 0.05) is 0 Å². The second-order valence-electron chi connectivity index (χ2n) is 5.48. The highest BCUT2D eigenvalue weighted by Gasteiger charge is 2.19. The average Bonchev–Trinajstić information content (AvgIpc) is 2.62. The summed E-state index contributed by atoms with van der Waals surface area (Å²) in [7, 11) is 0. The summed E-state index contributed by atoms with van der Waals surface area (Å²) < 4.78 is 10.8. The summed E-state index contributed by atoms with van der Waals surface area (Å²) >= 11 is 0. The highest BCUT2D eigenvalue weighted by Crippen LogP contribution is 2.21. The van der Waals surface area contributed by atoms with Crippen LogP contribution in [0.3, 0.4) is 0 Å². The molecule has 0 spiro atoms. The molecule has 1 atom stereocenters. The van der Waals surface area contributed by atoms with Crippen molar-refractivity contribution >= 4 is 17.6 Å². The lowest BCUT2D eigenvalue weighted by Crippen LogP contribution is -2.31. The maximum Gasteiger partial charge on any atom is 0.340 e. The predicted molar refractivity (Wildman–Crippen MR) is 96.9 cm³/mol. The fraction of sp³-hybridized carbons (Fsp3) is 0.300. The molecule has 1 amide bonds. The molecule has 5 heteroatoms. The Balaban J connectivity index is 2.10. The summed E-state index contributed by atoms with van der Waals surface area (Å²) in [6.45, 7) is 5.71. The molecule has 1 N–H and O–H groups in total. The molecule has 0 bridgehead atoms. The molecule has 0 saturated heterocycles. The van der Waals surface area contributed by atoms with E-state index >= 15 is 0 Å². The summed E-state index contributed by atoms with van der Waals surface area (Å²) in [6.07, 6.45) is 0.110. The molecular weight excluding hydrogens is 318 g/mol. The van der Waals surface area contributed by atoms with E-state index in [0.29, 0.717) is 17.0 Å². The molecule has 0 aromatic heterocycles. The van der Waals surface area contributed by atoms with Crippen molar-refractivity contribution in [2.75, 3.05) is 11.9 Å². The molecule has 0 aliphatic carbocycles. The van der Waals surface area contributed by atoms with Crippen LogP contribution >= 0.6 is 0 Å². The number of para-hydroxylation sites is 2. The van der Waals surface area contributed by atoms with Crippen LogP contribution in [-0.4, -0.2) is 24.6 Å². The number of amides is 1. The van der Waals surface area contributed by atoms with Gasteiger partial charge < -0.3 is 14.8 Å². The fourth-order valence-corrected chi connectivity index (χ4v) is 2.37. The second kappa shape index (κ2) is 8.87. The van der Waals surface area contributed by atoms with Gasteiger partial charge in [0.25, 0.3) is 5.91 Å². The van der Waals surface area contributed by atoms with Gasteiger partial charge in [0.05, 0.1) is 17.9 Å². The zero-order chi connectivity index (χ0) is 18.2. The number of hydrogen-bond donors (Lipinski definition) is 1. The van der Waals surface area contributed by atoms with Crippen molar-refractivity contribution in [1.82, 2.24) is 0 Å². The van der Waals surface area contributed by atoms with E-state index in [1.807, 2.05) is 31.2 Å². The Labute approximate surface area is 148 Å². The maximum atomic E-state index is 12.5. The summed E-state index contributed by atoms with van der Waals surface area (Å²) in [5.41, 5.74) is 1.76. The molecule has 0 radical (unpaired) electrons. The minimum atomic E-state index is -0.706. The summed E-state index contributed by atoms with van der Waals surface area (Å²) in [5.74, 6) is -0.114. The molecule has 2 rings (SSSR count). The van der Waals surface area contributed by atoms with Gasteiger partial charge in [-0.25, -0.2) is 4.79 Å². The summed E-state index contributed by atoms with van der Waals surface area (Å²) in [5, 5.41) is 2.74. The zero-order valence-electron chi connectivity index (χ0n) is 14.7. The third-order valence-corrected chi connectivity index (χ3v) is 3.71. The number of carbonyl (C=O) groups is 2. The molecule has 0 fully saturated rings. The first kappa shape index (κ1) is 18.5. The van der Waals surface area contributed by atoms with Gasteiger partial charge in [-0.3, -0.25) is 4.79 Å². The van der Waals surface area contributed by atoms with E-state index < -0.39 is 12.1 Å². The van der Waals surface area contributed by atoms with Gasteiger partial charge in [-0.05, 0) is 44.0 Å². The Kier molecular flexibility index (Phi) is 6.57. The molecule has 0 aliphatic rings. The van der Waals surface area contributed by atoms with E-state index in [1.165, 1.54) is 0 Å². The van der Waals surface area contributed by atoms with Gasteiger partial charge in [-0.2, -0.15) is 0 Å². The number of rotatable bonds is 7. The minimum absolute atomic E-state index is 0.272. The minimum Gasteiger partial charge on any atom is -0.481 e. The van der Waals surface area contributed by atoms with E-state index in [4.69, 9.17) is 9.47 Å². The molecule has 5 nitrogen and oxygen atoms in total. The van der Waals surface area contributed by atoms with Crippen LogP contribution in [0.5, 0.6) is 5.75 Å². The van der Waals surface area contributed by atoms with Crippen molar-refractivity contribution in [2.24, 2.45) is 0 Å². The third kappa shape index (κ3) is 4.83. The standard InChI is InChI=1S/C20H23NO4/c1-4-15-10-6-9-13-18(15)25-14(3)19(22)21-17-12-8-7-11-16(17)20(23)24-5-2/h6-14H,4-5H2,1-3H3,(H,21,22)/t14-/m0/s1. The lowest BCUT2D eigenvalue weighted by atomic mass is 10.1. The van der Waals surface area contributed by atoms with Gasteiger partial charge in [0.1, 0.15) is 5.75 Å². The van der Waals surface area contributed by atoms with Crippen LogP contribution < -0.4 is 10.1 Å². The smallest absolute Gasteiger partial charge is 0.340 e. The topological polar surface area (TPSA) is 64.6 Å². The Bertz CT molecular complexity index is 742. The number of anilines is 1. The Morgan fingerprint density at radius 1 is 1.04 bits per heavy atom. The highest BCUT2D eigenvalue weighted by atomic mass is 16.5. The molecule has 25 heavy (non-hydrogen) atoms. The van der Waals surface area contributed by atoms with Gasteiger partial charge >= 0.3 is 5.97 Å². The zero-order valence-corrected chi connectivity index (χ0v) is 14.7. The number of hydrogen-bond acceptors (Lipinski definition) is 4. The van der Waals surface area contributed by atoms with Crippen LogP contribution in [0, 0.1) is 0 Å². The molecule has 0 unspecified atom stereocenters. The lowest BCUT2D eigenvalue weighted by molar-refractivity contribution is -0.122. The van der Waals surface area contributed by atoms with Crippen molar-refractivity contribution in [2.45, 2.75) is 33.3 Å². The quantitative estimate of drug-likeness (QED) is 0.777. The first-order chi connectivity index (χ1) is 12.1. The number of esters is 1. The summed E-state index contributed by atoms with van der Waals surface area (Å²) in [4.78, 5) is 24.4. The molecule has 0 saturated carbocycles. The first-order valence-electron chi connectivity index (χ1n) is 8.38. The monoisotopic (exact) mass is 341 g/mol. The second-order valence-corrected chi connectivity index (χ2v) is 5.48. The van der Waals surface area contributed by atoms with Gasteiger partial charge in [0.2, 0.25) is 0 Å². The van der Waals surface area contributed by atoms with Crippen molar-refractivity contribution in [3.8, 4) is 5.75 Å². The third-order valence-electron chi connectivity index (χ3n) is 3.71. The van der Waals surface area contributed by atoms with Crippen LogP contribution in [0.25, 0.3) is 0 Å². The van der Waals surface area contributed by atoms with Crippen molar-refractivity contribution in [1.29, 1.82) is 0 Å². The highest BCUT2D eigenvalue weighted by molar-refractivity contribution is 6.02. The Morgan fingerprint density at radius 2 is 1.72 bits per heavy atom. The number of benzene rings is 2. The fourth-order valence-electron chi connectivity index (χ4n) is 2.37. The van der Waals surface area contributed by atoms with E-state index in [0.717, 1.165) is 12.0 Å². The number of carbonyl (C=O) groups excluding carboxylic acids is 2. The van der Waals surface area contributed by atoms with Crippen molar-refractivity contribution < 1.29 is 19.1 Å². The molecular formula is C20H23NO4. The largest absolute Gasteiger partial charge is 0.481 e. The van der Waals surface area contributed by atoms with Crippen LogP contribution in [-0.2, 0) is 16.0 Å². The molecule has 0 heterocycles. The average molecular weight is 341 g/mol. The lowest BCUT2D eigenvalue weighted by Gasteiger charge is -2.17. The van der Waals surface area contributed by atoms with E-state index in [2.05, 4.69) is 5.32 Å². The SMILES string of the molecule is CCOC(=O)c1ccccc1NC(=O)[C@H](C)Oc1ccccc1CC. The molecule has 2 aromatic carbocycles. The van der Waals surface area contributed by atoms with Gasteiger partial charge in [-0.15, -0.1) is 0 Å². The molecule has 0 aliphatic heterocycles. The van der Waals surface area contributed by atoms with Crippen LogP contribution in [0.1, 0.15) is 36.7 Å². The number of ether oxygens (including phenoxy) is 2. The van der Waals surface area contributed by atoms with Crippen LogP contribution in [0.2, 0.25) is 0 Å². The first-order valence-corrected chi connectivity index (χ1v) is 8.38. The van der Waals surface area contributed by atoms with Crippen LogP contribution in [0.15, 0.2) is 48.5 Å².